The molecule has 3 atom stereocenters. The van der Waals surface area contributed by atoms with E-state index in [9.17, 15) is 9.90 Å². The molecule has 0 radical (unpaired) electrons. The first-order valence-electron chi connectivity index (χ1n) is 7.68. The molecule has 6 N–H and O–H groups in total. The first-order valence-corrected chi connectivity index (χ1v) is 7.68. The number of aliphatic carboxylic acids is 1. The molecule has 11 nitrogen and oxygen atoms in total. The highest BCUT2D eigenvalue weighted by atomic mass is 16.5. The lowest BCUT2D eigenvalue weighted by atomic mass is 10.2. The van der Waals surface area contributed by atoms with Gasteiger partial charge in [-0.25, -0.2) is 15.0 Å². The topological polar surface area (TPSA) is 177 Å². The van der Waals surface area contributed by atoms with E-state index in [1.54, 1.807) is 10.9 Å². The number of nitrogens with two attached hydrogens (primary N) is 1. The maximum atomic E-state index is 9.71. The third-order valence-electron chi connectivity index (χ3n) is 3.63. The van der Waals surface area contributed by atoms with Gasteiger partial charge in [-0.2, -0.15) is 0 Å². The zero-order valence-electron chi connectivity index (χ0n) is 13.4. The Morgan fingerprint density at radius 2 is 2.12 bits per heavy atom. The molecule has 0 spiro atoms. The van der Waals surface area contributed by atoms with Crippen LogP contribution < -0.4 is 5.73 Å². The van der Waals surface area contributed by atoms with Crippen LogP contribution in [0.4, 0.5) is 5.82 Å². The summed E-state index contributed by atoms with van der Waals surface area (Å²) in [6.45, 7) is -0.256. The second-order valence-corrected chi connectivity index (χ2v) is 5.42. The lowest BCUT2D eigenvalue weighted by molar-refractivity contribution is -0.137. The third kappa shape index (κ3) is 4.60. The first kappa shape index (κ1) is 19.0. The van der Waals surface area contributed by atoms with Gasteiger partial charge in [-0.05, 0) is 6.42 Å². The van der Waals surface area contributed by atoms with Crippen molar-refractivity contribution < 1.29 is 30.0 Å². The Morgan fingerprint density at radius 3 is 2.68 bits per heavy atom. The summed E-state index contributed by atoms with van der Waals surface area (Å²) in [5, 5.41) is 34.7. The highest BCUT2D eigenvalue weighted by molar-refractivity contribution is 5.81. The van der Waals surface area contributed by atoms with Gasteiger partial charge in [0.15, 0.2) is 11.5 Å². The van der Waals surface area contributed by atoms with Crippen LogP contribution in [0.25, 0.3) is 11.2 Å². The number of nitrogen functional groups attached to an aromatic ring is 1. The standard InChI is InChI=1S/C10H13N5O3.C4H8O3/c11-9-8-10(13-3-12-9)15(4-14-8)7-1-5(17)6(2-16)18-7;5-3-1-2-4(6)7/h3-7,16-17H,1-2H2,(H2,11,12,13);5H,1-3H2,(H,6,7)/t5-,6+,7+;/m0./s1. The molecule has 3 rings (SSSR count). The van der Waals surface area contributed by atoms with Gasteiger partial charge in [-0.15, -0.1) is 0 Å². The number of carboxylic acids is 1. The summed E-state index contributed by atoms with van der Waals surface area (Å²) in [6.07, 6.45) is 2.02. The van der Waals surface area contributed by atoms with Gasteiger partial charge in [0.2, 0.25) is 0 Å². The summed E-state index contributed by atoms with van der Waals surface area (Å²) in [7, 11) is 0. The monoisotopic (exact) mass is 355 g/mol. The largest absolute Gasteiger partial charge is 0.481 e. The van der Waals surface area contributed by atoms with Crippen LogP contribution in [0.15, 0.2) is 12.7 Å². The van der Waals surface area contributed by atoms with Crippen LogP contribution in [-0.2, 0) is 9.53 Å². The number of aliphatic hydroxyl groups excluding tert-OH is 3. The Labute approximate surface area is 142 Å². The van der Waals surface area contributed by atoms with Crippen LogP contribution >= 0.6 is 0 Å². The normalized spacial score (nSPS) is 22.6. The van der Waals surface area contributed by atoms with Crippen LogP contribution in [0.3, 0.4) is 0 Å². The van der Waals surface area contributed by atoms with Crippen LogP contribution in [0, 0.1) is 0 Å². The fourth-order valence-corrected chi connectivity index (χ4v) is 2.36. The third-order valence-corrected chi connectivity index (χ3v) is 3.63. The number of aromatic nitrogens is 4. The van der Waals surface area contributed by atoms with Crippen LogP contribution in [-0.4, -0.2) is 71.3 Å². The fourth-order valence-electron chi connectivity index (χ4n) is 2.36. The highest BCUT2D eigenvalue weighted by Gasteiger charge is 2.35. The molecule has 1 fully saturated rings. The van der Waals surface area contributed by atoms with E-state index in [-0.39, 0.29) is 19.6 Å². The molecule has 0 bridgehead atoms. The molecule has 1 saturated heterocycles. The van der Waals surface area contributed by atoms with E-state index in [4.69, 9.17) is 25.8 Å². The van der Waals surface area contributed by atoms with Gasteiger partial charge in [-0.3, -0.25) is 9.36 Å². The summed E-state index contributed by atoms with van der Waals surface area (Å²) in [6, 6.07) is 0. The molecule has 0 aliphatic carbocycles. The number of carbonyl (C=O) groups is 1. The second-order valence-electron chi connectivity index (χ2n) is 5.42. The van der Waals surface area contributed by atoms with Gasteiger partial charge in [0, 0.05) is 19.4 Å². The van der Waals surface area contributed by atoms with Crippen molar-refractivity contribution in [3.05, 3.63) is 12.7 Å². The van der Waals surface area contributed by atoms with Crippen molar-refractivity contribution in [3.63, 3.8) is 0 Å². The van der Waals surface area contributed by atoms with E-state index in [1.165, 1.54) is 6.33 Å². The molecule has 11 heteroatoms. The summed E-state index contributed by atoms with van der Waals surface area (Å²) in [4.78, 5) is 21.7. The van der Waals surface area contributed by atoms with Gasteiger partial charge in [0.25, 0.3) is 0 Å². The van der Waals surface area contributed by atoms with Crippen molar-refractivity contribution in [1.29, 1.82) is 0 Å². The van der Waals surface area contributed by atoms with E-state index < -0.39 is 24.4 Å². The van der Waals surface area contributed by atoms with Crippen LogP contribution in [0.1, 0.15) is 25.5 Å². The first-order chi connectivity index (χ1) is 12.0. The average Bonchev–Trinajstić information content (AvgIpc) is 3.17. The second kappa shape index (κ2) is 8.67. The van der Waals surface area contributed by atoms with Crippen LogP contribution in [0.2, 0.25) is 0 Å². The smallest absolute Gasteiger partial charge is 0.303 e. The molecule has 2 aromatic heterocycles. The molecule has 0 aromatic carbocycles. The SMILES string of the molecule is Nc1ncnc2c1ncn2[C@H]1C[C@H](O)[C@@H](CO)O1.O=C(O)CCCO. The number of imidazole rings is 1. The van der Waals surface area contributed by atoms with Crippen molar-refractivity contribution in [1.82, 2.24) is 19.5 Å². The Morgan fingerprint density at radius 1 is 1.36 bits per heavy atom. The molecule has 0 saturated carbocycles. The Balaban J connectivity index is 0.000000277. The molecule has 2 aromatic rings. The minimum atomic E-state index is -0.853. The summed E-state index contributed by atoms with van der Waals surface area (Å²) >= 11 is 0. The number of hydrogen-bond donors (Lipinski definition) is 5. The fraction of sp³-hybridized carbons (Fsp3) is 0.571. The average molecular weight is 355 g/mol. The molecule has 0 amide bonds. The van der Waals surface area contributed by atoms with E-state index >= 15 is 0 Å². The van der Waals surface area contributed by atoms with Crippen molar-refractivity contribution in [2.24, 2.45) is 0 Å². The molecule has 138 valence electrons. The van der Waals surface area contributed by atoms with Gasteiger partial charge >= 0.3 is 5.97 Å². The lowest BCUT2D eigenvalue weighted by Gasteiger charge is -2.13. The number of aliphatic hydroxyl groups is 3. The molecule has 3 heterocycles. The number of ether oxygens (including phenoxy) is 1. The zero-order valence-corrected chi connectivity index (χ0v) is 13.4. The molecular formula is C14H21N5O6. The maximum Gasteiger partial charge on any atom is 0.303 e. The number of rotatable bonds is 5. The zero-order chi connectivity index (χ0) is 18.4. The molecule has 25 heavy (non-hydrogen) atoms. The number of fused-ring (bicyclic) bond motifs is 1. The van der Waals surface area contributed by atoms with Gasteiger partial charge in [0.1, 0.15) is 24.2 Å². The summed E-state index contributed by atoms with van der Waals surface area (Å²) in [5.41, 5.74) is 6.75. The Kier molecular flexibility index (Phi) is 6.58. The lowest BCUT2D eigenvalue weighted by Crippen LogP contribution is -2.24. The Hall–Kier alpha value is -2.34. The van der Waals surface area contributed by atoms with Crippen LogP contribution in [0.5, 0.6) is 0 Å². The molecule has 1 aliphatic rings. The van der Waals surface area contributed by atoms with Gasteiger partial charge in [0.05, 0.1) is 19.0 Å². The van der Waals surface area contributed by atoms with Gasteiger partial charge < -0.3 is 30.9 Å². The minimum absolute atomic E-state index is 0.0354. The molecule has 0 unspecified atom stereocenters. The van der Waals surface area contributed by atoms with E-state index in [0.717, 1.165) is 0 Å². The number of carboxylic acid groups (broad SMARTS) is 1. The number of nitrogens with zero attached hydrogens (tertiary/aromatic N) is 4. The minimum Gasteiger partial charge on any atom is -0.481 e. The van der Waals surface area contributed by atoms with E-state index in [0.29, 0.717) is 29.8 Å². The number of anilines is 1. The predicted molar refractivity (Wildman–Crippen MR) is 85.3 cm³/mol. The molecular weight excluding hydrogens is 334 g/mol. The van der Waals surface area contributed by atoms with E-state index in [2.05, 4.69) is 15.0 Å². The van der Waals surface area contributed by atoms with Crippen molar-refractivity contribution >= 4 is 23.0 Å². The summed E-state index contributed by atoms with van der Waals surface area (Å²) in [5.74, 6) is -0.551. The van der Waals surface area contributed by atoms with Gasteiger partial charge in [-0.1, -0.05) is 0 Å². The number of hydrogen-bond acceptors (Lipinski definition) is 9. The predicted octanol–water partition coefficient (Wildman–Crippen LogP) is -1.11. The van der Waals surface area contributed by atoms with Crippen molar-refractivity contribution in [2.75, 3.05) is 18.9 Å². The maximum absolute atomic E-state index is 9.71. The van der Waals surface area contributed by atoms with E-state index in [1.807, 2.05) is 0 Å². The summed E-state index contributed by atoms with van der Waals surface area (Å²) < 4.78 is 7.22. The Bertz CT molecular complexity index is 708. The van der Waals surface area contributed by atoms with Crippen molar-refractivity contribution in [2.45, 2.75) is 37.7 Å². The van der Waals surface area contributed by atoms with Crippen molar-refractivity contribution in [3.8, 4) is 0 Å². The molecule has 1 aliphatic heterocycles. The quantitative estimate of drug-likeness (QED) is 0.442. The highest BCUT2D eigenvalue weighted by Crippen LogP contribution is 2.30.